The fraction of sp³-hybridized carbons (Fsp3) is 0.727. The minimum atomic E-state index is 0.443. The van der Waals surface area contributed by atoms with Crippen LogP contribution >= 0.6 is 0 Å². The highest BCUT2D eigenvalue weighted by Crippen LogP contribution is 2.20. The third kappa shape index (κ3) is 3.04. The molecule has 0 spiro atoms. The lowest BCUT2D eigenvalue weighted by Crippen LogP contribution is -2.36. The molecule has 1 saturated carbocycles. The van der Waals surface area contributed by atoms with Crippen molar-refractivity contribution >= 4 is 0 Å². The van der Waals surface area contributed by atoms with Gasteiger partial charge in [-0.2, -0.15) is 0 Å². The zero-order chi connectivity index (χ0) is 10.5. The molecule has 1 aromatic heterocycles. The predicted molar refractivity (Wildman–Crippen MR) is 58.5 cm³/mol. The van der Waals surface area contributed by atoms with Gasteiger partial charge in [0.1, 0.15) is 0 Å². The van der Waals surface area contributed by atoms with Gasteiger partial charge in [-0.15, -0.1) is 0 Å². The van der Waals surface area contributed by atoms with E-state index in [2.05, 4.69) is 15.3 Å². The van der Waals surface area contributed by atoms with E-state index in [1.54, 1.807) is 6.33 Å². The fourth-order valence-electron chi connectivity index (χ4n) is 2.18. The maximum Gasteiger partial charge on any atom is 0.0922 e. The summed E-state index contributed by atoms with van der Waals surface area (Å²) in [7, 11) is 1.81. The SMILES string of the molecule is COC1CCCC(NCc2cnc[nH]2)C1. The Kier molecular flexibility index (Phi) is 3.75. The molecule has 2 unspecified atom stereocenters. The van der Waals surface area contributed by atoms with E-state index in [9.17, 15) is 0 Å². The van der Waals surface area contributed by atoms with Crippen molar-refractivity contribution in [1.82, 2.24) is 15.3 Å². The third-order valence-electron chi connectivity index (χ3n) is 3.10. The van der Waals surface area contributed by atoms with Gasteiger partial charge in [0.25, 0.3) is 0 Å². The molecule has 15 heavy (non-hydrogen) atoms. The maximum absolute atomic E-state index is 5.40. The number of nitrogens with zero attached hydrogens (tertiary/aromatic N) is 1. The summed E-state index contributed by atoms with van der Waals surface area (Å²) in [5.74, 6) is 0. The van der Waals surface area contributed by atoms with E-state index in [-0.39, 0.29) is 0 Å². The summed E-state index contributed by atoms with van der Waals surface area (Å²) < 4.78 is 5.40. The monoisotopic (exact) mass is 209 g/mol. The zero-order valence-corrected chi connectivity index (χ0v) is 9.20. The van der Waals surface area contributed by atoms with Crippen LogP contribution in [0.4, 0.5) is 0 Å². The highest BCUT2D eigenvalue weighted by atomic mass is 16.5. The first-order valence-electron chi connectivity index (χ1n) is 5.62. The summed E-state index contributed by atoms with van der Waals surface area (Å²) in [6.45, 7) is 0.876. The molecule has 0 bridgehead atoms. The third-order valence-corrected chi connectivity index (χ3v) is 3.10. The van der Waals surface area contributed by atoms with Crippen molar-refractivity contribution in [2.45, 2.75) is 44.4 Å². The van der Waals surface area contributed by atoms with Gasteiger partial charge in [0.2, 0.25) is 0 Å². The van der Waals surface area contributed by atoms with Crippen LogP contribution < -0.4 is 5.32 Å². The molecular weight excluding hydrogens is 190 g/mol. The molecule has 4 heteroatoms. The fourth-order valence-corrected chi connectivity index (χ4v) is 2.18. The van der Waals surface area contributed by atoms with Crippen molar-refractivity contribution in [1.29, 1.82) is 0 Å². The molecule has 1 aliphatic rings. The molecule has 2 N–H and O–H groups in total. The van der Waals surface area contributed by atoms with Crippen molar-refractivity contribution in [3.8, 4) is 0 Å². The number of ether oxygens (including phenoxy) is 1. The van der Waals surface area contributed by atoms with Crippen LogP contribution in [0.1, 0.15) is 31.4 Å². The first-order valence-corrected chi connectivity index (χ1v) is 5.62. The highest BCUT2D eigenvalue weighted by Gasteiger charge is 2.20. The second kappa shape index (κ2) is 5.28. The molecule has 1 aliphatic carbocycles. The van der Waals surface area contributed by atoms with Gasteiger partial charge in [-0.1, -0.05) is 0 Å². The minimum absolute atomic E-state index is 0.443. The maximum atomic E-state index is 5.40. The molecule has 1 fully saturated rings. The number of methoxy groups -OCH3 is 1. The second-order valence-electron chi connectivity index (χ2n) is 4.18. The molecule has 84 valence electrons. The topological polar surface area (TPSA) is 49.9 Å². The van der Waals surface area contributed by atoms with Gasteiger partial charge in [-0.05, 0) is 25.7 Å². The van der Waals surface area contributed by atoms with E-state index in [4.69, 9.17) is 4.74 Å². The van der Waals surface area contributed by atoms with Crippen LogP contribution in [0.25, 0.3) is 0 Å². The molecule has 4 nitrogen and oxygen atoms in total. The van der Waals surface area contributed by atoms with E-state index in [1.807, 2.05) is 13.3 Å². The molecule has 0 saturated heterocycles. The molecule has 0 amide bonds. The van der Waals surface area contributed by atoms with Crippen LogP contribution in [-0.4, -0.2) is 29.2 Å². The lowest BCUT2D eigenvalue weighted by Gasteiger charge is -2.28. The summed E-state index contributed by atoms with van der Waals surface area (Å²) >= 11 is 0. The number of hydrogen-bond acceptors (Lipinski definition) is 3. The lowest BCUT2D eigenvalue weighted by atomic mass is 9.93. The predicted octanol–water partition coefficient (Wildman–Crippen LogP) is 1.46. The zero-order valence-electron chi connectivity index (χ0n) is 9.20. The van der Waals surface area contributed by atoms with Crippen LogP contribution in [0.3, 0.4) is 0 Å². The van der Waals surface area contributed by atoms with E-state index >= 15 is 0 Å². The Labute approximate surface area is 90.4 Å². The quantitative estimate of drug-likeness (QED) is 0.789. The lowest BCUT2D eigenvalue weighted by molar-refractivity contribution is 0.0586. The number of H-pyrrole nitrogens is 1. The number of rotatable bonds is 4. The Morgan fingerprint density at radius 1 is 1.60 bits per heavy atom. The molecule has 0 radical (unpaired) electrons. The van der Waals surface area contributed by atoms with Crippen LogP contribution in [0, 0.1) is 0 Å². The highest BCUT2D eigenvalue weighted by molar-refractivity contribution is 4.94. The van der Waals surface area contributed by atoms with Crippen molar-refractivity contribution in [3.63, 3.8) is 0 Å². The van der Waals surface area contributed by atoms with Gasteiger partial charge in [0.15, 0.2) is 0 Å². The van der Waals surface area contributed by atoms with Gasteiger partial charge < -0.3 is 15.0 Å². The van der Waals surface area contributed by atoms with E-state index < -0.39 is 0 Å². The number of imidazole rings is 1. The molecular formula is C11H19N3O. The first-order chi connectivity index (χ1) is 7.38. The summed E-state index contributed by atoms with van der Waals surface area (Å²) in [5, 5.41) is 3.54. The van der Waals surface area contributed by atoms with Gasteiger partial charge in [-0.3, -0.25) is 0 Å². The van der Waals surface area contributed by atoms with Crippen molar-refractivity contribution < 1.29 is 4.74 Å². The largest absolute Gasteiger partial charge is 0.381 e. The number of hydrogen-bond donors (Lipinski definition) is 2. The summed E-state index contributed by atoms with van der Waals surface area (Å²) in [6.07, 6.45) is 8.88. The van der Waals surface area contributed by atoms with Gasteiger partial charge in [0.05, 0.1) is 12.4 Å². The van der Waals surface area contributed by atoms with Crippen molar-refractivity contribution in [2.24, 2.45) is 0 Å². The number of aromatic amines is 1. The average Bonchev–Trinajstić information content (AvgIpc) is 2.79. The van der Waals surface area contributed by atoms with E-state index in [0.717, 1.165) is 18.7 Å². The van der Waals surface area contributed by atoms with Crippen LogP contribution in [0.5, 0.6) is 0 Å². The summed E-state index contributed by atoms with van der Waals surface area (Å²) in [4.78, 5) is 7.09. The van der Waals surface area contributed by atoms with Crippen molar-refractivity contribution in [2.75, 3.05) is 7.11 Å². The molecule has 1 aromatic rings. The standard InChI is InChI=1S/C11H19N3O/c1-15-11-4-2-3-9(5-11)13-7-10-6-12-8-14-10/h6,8-9,11,13H,2-5,7H2,1H3,(H,12,14). The van der Waals surface area contributed by atoms with Gasteiger partial charge in [0, 0.05) is 31.6 Å². The molecule has 0 aromatic carbocycles. The average molecular weight is 209 g/mol. The van der Waals surface area contributed by atoms with Crippen LogP contribution in [0.15, 0.2) is 12.5 Å². The van der Waals surface area contributed by atoms with E-state index in [1.165, 1.54) is 19.3 Å². The molecule has 2 atom stereocenters. The first kappa shape index (κ1) is 10.6. The normalized spacial score (nSPS) is 26.7. The summed E-state index contributed by atoms with van der Waals surface area (Å²) in [5.41, 5.74) is 1.15. The Morgan fingerprint density at radius 3 is 3.27 bits per heavy atom. The van der Waals surface area contributed by atoms with Crippen LogP contribution in [-0.2, 0) is 11.3 Å². The molecule has 1 heterocycles. The molecule has 0 aliphatic heterocycles. The van der Waals surface area contributed by atoms with Gasteiger partial charge >= 0.3 is 0 Å². The Balaban J connectivity index is 1.74. The minimum Gasteiger partial charge on any atom is -0.381 e. The molecule has 2 rings (SSSR count). The van der Waals surface area contributed by atoms with E-state index in [0.29, 0.717) is 12.1 Å². The second-order valence-corrected chi connectivity index (χ2v) is 4.18. The van der Waals surface area contributed by atoms with Gasteiger partial charge in [-0.25, -0.2) is 4.98 Å². The summed E-state index contributed by atoms with van der Waals surface area (Å²) in [6, 6.07) is 0.590. The smallest absolute Gasteiger partial charge is 0.0922 e. The van der Waals surface area contributed by atoms with Crippen molar-refractivity contribution in [3.05, 3.63) is 18.2 Å². The van der Waals surface area contributed by atoms with Crippen LogP contribution in [0.2, 0.25) is 0 Å². The number of nitrogens with one attached hydrogen (secondary N) is 2. The Morgan fingerprint density at radius 2 is 2.53 bits per heavy atom. The Hall–Kier alpha value is -0.870. The number of aromatic nitrogens is 2. The Bertz CT molecular complexity index is 273.